The normalized spacial score (nSPS) is 16.3. The Hall–Kier alpha value is -0.903. The molecule has 0 saturated heterocycles. The second-order valence-corrected chi connectivity index (χ2v) is 18.5. The smallest absolute Gasteiger partial charge is 0.305 e. The van der Waals surface area contributed by atoms with Crippen molar-refractivity contribution in [3.63, 3.8) is 0 Å². The number of aromatic nitrogens is 1. The van der Waals surface area contributed by atoms with Crippen LogP contribution in [0.25, 0.3) is 0 Å². The van der Waals surface area contributed by atoms with Crippen molar-refractivity contribution >= 4 is 41.6 Å². The van der Waals surface area contributed by atoms with Gasteiger partial charge < -0.3 is 5.32 Å². The number of thioether (sulfide) groups is 1. The minimum Gasteiger partial charge on any atom is -0.305 e. The lowest BCUT2D eigenvalue weighted by atomic mass is 9.99. The first-order valence-electron chi connectivity index (χ1n) is 10.6. The lowest BCUT2D eigenvalue weighted by Crippen LogP contribution is -2.54. The minimum atomic E-state index is -2.88. The molecule has 170 valence electrons. The van der Waals surface area contributed by atoms with Crippen LogP contribution in [0.5, 0.6) is 0 Å². The molecule has 2 N–H and O–H groups in total. The predicted molar refractivity (Wildman–Crippen MR) is 133 cm³/mol. The second kappa shape index (κ2) is 9.30. The highest BCUT2D eigenvalue weighted by Crippen LogP contribution is 2.36. The van der Waals surface area contributed by atoms with Crippen molar-refractivity contribution in [1.82, 2.24) is 9.37 Å². The van der Waals surface area contributed by atoms with Crippen LogP contribution in [0.15, 0.2) is 4.36 Å². The molecule has 1 heterocycles. The molecule has 2 amide bonds. The summed E-state index contributed by atoms with van der Waals surface area (Å²) in [4.78, 5) is 17.8. The van der Waals surface area contributed by atoms with E-state index in [1.54, 1.807) is 0 Å². The SMILES string of the molecule is CSCS(=O)(=NC(=O)Nc1c(C)c(C(C)C)nc2c1CCC2)N[Si](C)(C)C(C)(C)C. The Labute approximate surface area is 188 Å². The van der Waals surface area contributed by atoms with Crippen molar-refractivity contribution in [3.8, 4) is 0 Å². The van der Waals surface area contributed by atoms with Crippen LogP contribution in [-0.2, 0) is 22.8 Å². The highest BCUT2D eigenvalue weighted by Gasteiger charge is 2.38. The summed E-state index contributed by atoms with van der Waals surface area (Å²) in [5, 5.41) is 3.24. The zero-order valence-corrected chi connectivity index (χ0v) is 22.6. The lowest BCUT2D eigenvalue weighted by Gasteiger charge is -2.37. The van der Waals surface area contributed by atoms with E-state index in [0.29, 0.717) is 0 Å². The molecule has 30 heavy (non-hydrogen) atoms. The summed E-state index contributed by atoms with van der Waals surface area (Å²) in [6, 6.07) is -0.543. The molecule has 0 aliphatic heterocycles. The van der Waals surface area contributed by atoms with Gasteiger partial charge in [0.1, 0.15) is 18.2 Å². The number of carbonyl (C=O) groups is 1. The van der Waals surface area contributed by atoms with Gasteiger partial charge in [0, 0.05) is 11.4 Å². The summed E-state index contributed by atoms with van der Waals surface area (Å²) in [5.74, 6) is 0.268. The van der Waals surface area contributed by atoms with E-state index in [-0.39, 0.29) is 16.0 Å². The molecular formula is C21H38N4O2S2Si. The van der Waals surface area contributed by atoms with Crippen LogP contribution in [0.2, 0.25) is 18.1 Å². The zero-order chi connectivity index (χ0) is 22.9. The Bertz CT molecular complexity index is 930. The average molecular weight is 471 g/mol. The van der Waals surface area contributed by atoms with E-state index >= 15 is 0 Å². The van der Waals surface area contributed by atoms with Gasteiger partial charge >= 0.3 is 6.03 Å². The minimum absolute atomic E-state index is 0.0191. The molecule has 1 aromatic heterocycles. The molecule has 1 atom stereocenters. The number of anilines is 1. The average Bonchev–Trinajstić information content (AvgIpc) is 3.03. The molecule has 1 aromatic rings. The van der Waals surface area contributed by atoms with Crippen LogP contribution in [-0.4, -0.2) is 34.8 Å². The maximum Gasteiger partial charge on any atom is 0.354 e. The third kappa shape index (κ3) is 5.66. The third-order valence-electron chi connectivity index (χ3n) is 6.08. The molecule has 1 unspecified atom stereocenters. The summed E-state index contributed by atoms with van der Waals surface area (Å²) in [6.45, 7) is 16.9. The van der Waals surface area contributed by atoms with Gasteiger partial charge in [0.15, 0.2) is 0 Å². The number of urea groups is 1. The standard InChI is InChI=1S/C21H38N4O2S2Si/c1-14(2)18-15(3)19(16-11-10-12-17(16)22-18)23-20(26)24-29(27,13-28-7)25-30(8,9)21(4,5)6/h14H,10-13H2,1-9H3,(H2,22,23,24,25,26,27). The number of amides is 2. The lowest BCUT2D eigenvalue weighted by molar-refractivity contribution is 0.260. The van der Waals surface area contributed by atoms with Crippen molar-refractivity contribution in [2.75, 3.05) is 16.7 Å². The van der Waals surface area contributed by atoms with Crippen molar-refractivity contribution in [3.05, 3.63) is 22.5 Å². The third-order valence-corrected chi connectivity index (χ3v) is 15.8. The van der Waals surface area contributed by atoms with E-state index in [1.807, 2.05) is 13.2 Å². The van der Waals surface area contributed by atoms with E-state index in [9.17, 15) is 9.00 Å². The van der Waals surface area contributed by atoms with Crippen LogP contribution in [0, 0.1) is 6.92 Å². The number of nitrogens with zero attached hydrogens (tertiary/aromatic N) is 2. The maximum atomic E-state index is 13.6. The molecule has 0 bridgehead atoms. The number of fused-ring (bicyclic) bond motifs is 1. The molecular weight excluding hydrogens is 432 g/mol. The monoisotopic (exact) mass is 470 g/mol. The number of nitrogens with one attached hydrogen (secondary N) is 2. The topological polar surface area (TPSA) is 83.5 Å². The van der Waals surface area contributed by atoms with Crippen molar-refractivity contribution in [1.29, 1.82) is 0 Å². The fourth-order valence-corrected chi connectivity index (χ4v) is 10.7. The highest BCUT2D eigenvalue weighted by atomic mass is 32.3. The summed E-state index contributed by atoms with van der Waals surface area (Å²) in [5.41, 5.74) is 4.99. The number of carbonyl (C=O) groups excluding carboxylic acids is 1. The van der Waals surface area contributed by atoms with Gasteiger partial charge in [-0.1, -0.05) is 47.7 Å². The Morgan fingerprint density at radius 2 is 1.93 bits per heavy atom. The number of hydrogen-bond donors (Lipinski definition) is 2. The van der Waals surface area contributed by atoms with Gasteiger partial charge in [-0.05, 0) is 54.5 Å². The summed E-state index contributed by atoms with van der Waals surface area (Å²) >= 11 is 1.44. The van der Waals surface area contributed by atoms with E-state index in [4.69, 9.17) is 4.98 Å². The Balaban J connectivity index is 2.43. The molecule has 0 spiro atoms. The molecule has 9 heteroatoms. The molecule has 0 saturated carbocycles. The highest BCUT2D eigenvalue weighted by molar-refractivity contribution is 8.12. The first kappa shape index (κ1) is 25.4. The van der Waals surface area contributed by atoms with Crippen LogP contribution in [0.1, 0.15) is 69.5 Å². The number of rotatable bonds is 6. The molecule has 6 nitrogen and oxygen atoms in total. The van der Waals surface area contributed by atoms with Gasteiger partial charge in [0.2, 0.25) is 0 Å². The van der Waals surface area contributed by atoms with Crippen LogP contribution >= 0.6 is 11.8 Å². The van der Waals surface area contributed by atoms with Crippen molar-refractivity contribution < 1.29 is 9.00 Å². The molecule has 0 radical (unpaired) electrons. The first-order chi connectivity index (χ1) is 13.7. The van der Waals surface area contributed by atoms with Gasteiger partial charge in [-0.25, -0.2) is 9.00 Å². The summed E-state index contributed by atoms with van der Waals surface area (Å²) < 4.78 is 21.1. The van der Waals surface area contributed by atoms with E-state index in [1.165, 1.54) is 11.8 Å². The summed E-state index contributed by atoms with van der Waals surface area (Å²) in [6.07, 6.45) is 4.76. The van der Waals surface area contributed by atoms with Crippen molar-refractivity contribution in [2.45, 2.75) is 84.9 Å². The molecule has 2 rings (SSSR count). The fourth-order valence-electron chi connectivity index (χ4n) is 3.49. The largest absolute Gasteiger partial charge is 0.354 e. The van der Waals surface area contributed by atoms with Gasteiger partial charge in [0.25, 0.3) is 0 Å². The zero-order valence-electron chi connectivity index (χ0n) is 19.9. The van der Waals surface area contributed by atoms with Crippen LogP contribution < -0.4 is 9.70 Å². The Kier molecular flexibility index (Phi) is 7.86. The van der Waals surface area contributed by atoms with Crippen LogP contribution in [0.4, 0.5) is 10.5 Å². The second-order valence-electron chi connectivity index (χ2n) is 9.98. The molecule has 0 aromatic carbocycles. The van der Waals surface area contributed by atoms with E-state index in [0.717, 1.165) is 47.5 Å². The Morgan fingerprint density at radius 3 is 2.47 bits per heavy atom. The molecule has 1 aliphatic rings. The van der Waals surface area contributed by atoms with Crippen LogP contribution in [0.3, 0.4) is 0 Å². The molecule has 0 fully saturated rings. The number of aryl methyl sites for hydroxylation is 1. The first-order valence-corrected chi connectivity index (χ1v) is 16.6. The van der Waals surface area contributed by atoms with Gasteiger partial charge in [-0.15, -0.1) is 16.1 Å². The van der Waals surface area contributed by atoms with Gasteiger partial charge in [0.05, 0.1) is 10.8 Å². The maximum absolute atomic E-state index is 13.6. The predicted octanol–water partition coefficient (Wildman–Crippen LogP) is 5.83. The number of hydrogen-bond acceptors (Lipinski definition) is 4. The Morgan fingerprint density at radius 1 is 1.30 bits per heavy atom. The number of pyridine rings is 1. The van der Waals surface area contributed by atoms with Gasteiger partial charge in [-0.3, -0.25) is 9.37 Å². The van der Waals surface area contributed by atoms with Crippen molar-refractivity contribution in [2.24, 2.45) is 4.36 Å². The molecule has 1 aliphatic carbocycles. The summed E-state index contributed by atoms with van der Waals surface area (Å²) in [7, 11) is -4.99. The fraction of sp³-hybridized carbons (Fsp3) is 0.714. The quantitative estimate of drug-likeness (QED) is 0.512. The van der Waals surface area contributed by atoms with E-state index in [2.05, 4.69) is 61.8 Å². The van der Waals surface area contributed by atoms with Gasteiger partial charge in [-0.2, -0.15) is 0 Å². The van der Waals surface area contributed by atoms with E-state index < -0.39 is 24.2 Å².